The average molecular weight is 350 g/mol. The van der Waals surface area contributed by atoms with Crippen LogP contribution in [0.5, 0.6) is 11.6 Å². The number of aryl methyl sites for hydroxylation is 1. The average Bonchev–Trinajstić information content (AvgIpc) is 2.68. The number of fused-ring (bicyclic) bond motifs is 1. The maximum absolute atomic E-state index is 5.95. The molecule has 6 nitrogen and oxygen atoms in total. The molecule has 0 amide bonds. The van der Waals surface area contributed by atoms with Crippen molar-refractivity contribution in [2.24, 2.45) is 0 Å². The van der Waals surface area contributed by atoms with Gasteiger partial charge in [-0.3, -0.25) is 4.98 Å². The molecule has 0 saturated carbocycles. The van der Waals surface area contributed by atoms with E-state index in [0.717, 1.165) is 48.3 Å². The molecule has 1 aliphatic rings. The molecule has 4 rings (SSSR count). The standard InChI is InChI=1S/C20H22N4O2/c1-14-12-17(16-4-3-5-18(25-2)20(16)23-14)24-10-6-15(7-11-24)26-19-13-21-8-9-22-19/h3-5,8-9,12-13,15H,6-7,10-11H2,1-2H3. The molecule has 2 aromatic heterocycles. The first-order valence-electron chi connectivity index (χ1n) is 8.86. The minimum absolute atomic E-state index is 0.173. The van der Waals surface area contributed by atoms with Crippen LogP contribution in [0.1, 0.15) is 18.5 Å². The van der Waals surface area contributed by atoms with E-state index in [1.165, 1.54) is 5.69 Å². The molecule has 0 radical (unpaired) electrons. The molecule has 1 aromatic carbocycles. The molecule has 3 heterocycles. The van der Waals surface area contributed by atoms with Gasteiger partial charge >= 0.3 is 0 Å². The van der Waals surface area contributed by atoms with Crippen LogP contribution in [0.25, 0.3) is 10.9 Å². The van der Waals surface area contributed by atoms with E-state index in [9.17, 15) is 0 Å². The molecule has 0 unspecified atom stereocenters. The molecule has 0 aliphatic carbocycles. The van der Waals surface area contributed by atoms with Crippen molar-refractivity contribution in [3.8, 4) is 11.6 Å². The van der Waals surface area contributed by atoms with Gasteiger partial charge in [0.05, 0.1) is 13.3 Å². The summed E-state index contributed by atoms with van der Waals surface area (Å²) in [6, 6.07) is 8.25. The van der Waals surface area contributed by atoms with Gasteiger partial charge in [0, 0.05) is 55.1 Å². The summed E-state index contributed by atoms with van der Waals surface area (Å²) in [4.78, 5) is 15.3. The predicted octanol–water partition coefficient (Wildman–Crippen LogP) is 3.39. The predicted molar refractivity (Wildman–Crippen MR) is 101 cm³/mol. The Morgan fingerprint density at radius 2 is 2.00 bits per heavy atom. The second kappa shape index (κ2) is 7.15. The third-order valence-electron chi connectivity index (χ3n) is 4.74. The Kier molecular flexibility index (Phi) is 4.56. The van der Waals surface area contributed by atoms with Crippen LogP contribution in [0.3, 0.4) is 0 Å². The summed E-state index contributed by atoms with van der Waals surface area (Å²) in [7, 11) is 1.69. The van der Waals surface area contributed by atoms with Gasteiger partial charge in [-0.25, -0.2) is 9.97 Å². The zero-order valence-electron chi connectivity index (χ0n) is 15.1. The Morgan fingerprint density at radius 3 is 2.73 bits per heavy atom. The van der Waals surface area contributed by atoms with Crippen LogP contribution in [0.2, 0.25) is 0 Å². The van der Waals surface area contributed by atoms with Crippen LogP contribution in [0.15, 0.2) is 42.9 Å². The maximum atomic E-state index is 5.95. The minimum Gasteiger partial charge on any atom is -0.494 e. The Hall–Kier alpha value is -2.89. The highest BCUT2D eigenvalue weighted by atomic mass is 16.5. The number of rotatable bonds is 4. The molecule has 26 heavy (non-hydrogen) atoms. The second-order valence-electron chi connectivity index (χ2n) is 6.49. The Morgan fingerprint density at radius 1 is 1.15 bits per heavy atom. The normalized spacial score (nSPS) is 15.2. The Bertz CT molecular complexity index is 893. The molecule has 6 heteroatoms. The van der Waals surface area contributed by atoms with E-state index in [1.807, 2.05) is 19.1 Å². The lowest BCUT2D eigenvalue weighted by Crippen LogP contribution is -2.38. The van der Waals surface area contributed by atoms with Crippen molar-refractivity contribution in [3.63, 3.8) is 0 Å². The molecule has 1 fully saturated rings. The van der Waals surface area contributed by atoms with Gasteiger partial charge in [0.25, 0.3) is 0 Å². The number of benzene rings is 1. The number of para-hydroxylation sites is 1. The van der Waals surface area contributed by atoms with Crippen LogP contribution >= 0.6 is 0 Å². The van der Waals surface area contributed by atoms with Gasteiger partial charge in [-0.1, -0.05) is 12.1 Å². The van der Waals surface area contributed by atoms with Crippen molar-refractivity contribution < 1.29 is 9.47 Å². The number of anilines is 1. The van der Waals surface area contributed by atoms with Gasteiger partial charge in [-0.2, -0.15) is 0 Å². The van der Waals surface area contributed by atoms with Gasteiger partial charge in [0.2, 0.25) is 5.88 Å². The third kappa shape index (κ3) is 3.27. The van der Waals surface area contributed by atoms with Crippen molar-refractivity contribution in [1.82, 2.24) is 15.0 Å². The quantitative estimate of drug-likeness (QED) is 0.719. The van der Waals surface area contributed by atoms with Gasteiger partial charge in [-0.15, -0.1) is 0 Å². The first-order chi connectivity index (χ1) is 12.7. The third-order valence-corrected chi connectivity index (χ3v) is 4.74. The van der Waals surface area contributed by atoms with Gasteiger partial charge in [0.15, 0.2) is 0 Å². The fraction of sp³-hybridized carbons (Fsp3) is 0.350. The highest BCUT2D eigenvalue weighted by molar-refractivity contribution is 5.95. The monoisotopic (exact) mass is 350 g/mol. The van der Waals surface area contributed by atoms with Gasteiger partial charge in [-0.05, 0) is 19.1 Å². The fourth-order valence-electron chi connectivity index (χ4n) is 3.49. The van der Waals surface area contributed by atoms with Crippen LogP contribution in [0, 0.1) is 6.92 Å². The summed E-state index contributed by atoms with van der Waals surface area (Å²) in [6.07, 6.45) is 7.04. The van der Waals surface area contributed by atoms with E-state index in [0.29, 0.717) is 5.88 Å². The van der Waals surface area contributed by atoms with E-state index in [4.69, 9.17) is 9.47 Å². The van der Waals surface area contributed by atoms with Gasteiger partial charge in [0.1, 0.15) is 17.4 Å². The molecule has 3 aromatic rings. The molecule has 0 bridgehead atoms. The van der Waals surface area contributed by atoms with Crippen molar-refractivity contribution in [3.05, 3.63) is 48.5 Å². The van der Waals surface area contributed by atoms with Gasteiger partial charge < -0.3 is 14.4 Å². The SMILES string of the molecule is COc1cccc2c(N3CCC(Oc4cnccn4)CC3)cc(C)nc12. The smallest absolute Gasteiger partial charge is 0.232 e. The van der Waals surface area contributed by atoms with Crippen LogP contribution in [-0.2, 0) is 0 Å². The highest BCUT2D eigenvalue weighted by Gasteiger charge is 2.23. The molecule has 134 valence electrons. The largest absolute Gasteiger partial charge is 0.494 e. The lowest BCUT2D eigenvalue weighted by atomic mass is 10.0. The van der Waals surface area contributed by atoms with Crippen LogP contribution < -0.4 is 14.4 Å². The van der Waals surface area contributed by atoms with E-state index >= 15 is 0 Å². The molecule has 1 aliphatic heterocycles. The molecule has 0 N–H and O–H groups in total. The van der Waals surface area contributed by atoms with Crippen molar-refractivity contribution in [2.75, 3.05) is 25.1 Å². The first kappa shape index (κ1) is 16.6. The van der Waals surface area contributed by atoms with Crippen molar-refractivity contribution >= 4 is 16.6 Å². The Labute approximate surface area is 152 Å². The van der Waals surface area contributed by atoms with Crippen molar-refractivity contribution in [1.29, 1.82) is 0 Å². The summed E-state index contributed by atoms with van der Waals surface area (Å²) in [5.41, 5.74) is 3.13. The maximum Gasteiger partial charge on any atom is 0.232 e. The lowest BCUT2D eigenvalue weighted by molar-refractivity contribution is 0.163. The number of pyridine rings is 1. The minimum atomic E-state index is 0.173. The number of piperidine rings is 1. The zero-order valence-corrected chi connectivity index (χ0v) is 15.1. The summed E-state index contributed by atoms with van der Waals surface area (Å²) in [5.74, 6) is 1.41. The number of ether oxygens (including phenoxy) is 2. The molecular weight excluding hydrogens is 328 g/mol. The number of hydrogen-bond donors (Lipinski definition) is 0. The number of methoxy groups -OCH3 is 1. The molecule has 0 atom stereocenters. The van der Waals surface area contributed by atoms with Crippen LogP contribution in [-0.4, -0.2) is 41.3 Å². The van der Waals surface area contributed by atoms with E-state index in [2.05, 4.69) is 32.0 Å². The number of aromatic nitrogens is 3. The van der Waals surface area contributed by atoms with E-state index < -0.39 is 0 Å². The number of nitrogens with zero attached hydrogens (tertiary/aromatic N) is 4. The highest BCUT2D eigenvalue weighted by Crippen LogP contribution is 2.33. The second-order valence-corrected chi connectivity index (χ2v) is 6.49. The van der Waals surface area contributed by atoms with E-state index in [-0.39, 0.29) is 6.10 Å². The first-order valence-corrected chi connectivity index (χ1v) is 8.86. The lowest BCUT2D eigenvalue weighted by Gasteiger charge is -2.34. The Balaban J connectivity index is 1.54. The summed E-state index contributed by atoms with van der Waals surface area (Å²) >= 11 is 0. The summed E-state index contributed by atoms with van der Waals surface area (Å²) < 4.78 is 11.4. The topological polar surface area (TPSA) is 60.4 Å². The van der Waals surface area contributed by atoms with Crippen LogP contribution in [0.4, 0.5) is 5.69 Å². The zero-order chi connectivity index (χ0) is 17.9. The van der Waals surface area contributed by atoms with E-state index in [1.54, 1.807) is 25.7 Å². The molecule has 1 saturated heterocycles. The summed E-state index contributed by atoms with van der Waals surface area (Å²) in [6.45, 7) is 3.89. The molecule has 0 spiro atoms. The molecular formula is C20H22N4O2. The summed E-state index contributed by atoms with van der Waals surface area (Å²) in [5, 5.41) is 1.13. The van der Waals surface area contributed by atoms with Crippen molar-refractivity contribution in [2.45, 2.75) is 25.9 Å². The number of hydrogen-bond acceptors (Lipinski definition) is 6. The fourth-order valence-corrected chi connectivity index (χ4v) is 3.49.